The topological polar surface area (TPSA) is 71.5 Å². The van der Waals surface area contributed by atoms with Gasteiger partial charge in [-0.1, -0.05) is 0 Å². The average Bonchev–Trinajstić information content (AvgIpc) is 2.62. The fourth-order valence-electron chi connectivity index (χ4n) is 2.25. The monoisotopic (exact) mass is 341 g/mol. The maximum Gasteiger partial charge on any atom is 0.233 e. The molecule has 1 N–H and O–H groups in total. The lowest BCUT2D eigenvalue weighted by Crippen LogP contribution is -2.32. The summed E-state index contributed by atoms with van der Waals surface area (Å²) in [4.78, 5) is 29.7. The van der Waals surface area contributed by atoms with Crippen molar-refractivity contribution in [2.75, 3.05) is 25.5 Å². The normalized spacial score (nSPS) is 10.2. The molecule has 0 atom stereocenters. The third kappa shape index (κ3) is 6.25. The van der Waals surface area contributed by atoms with Crippen LogP contribution in [0.1, 0.15) is 18.9 Å². The molecule has 132 valence electrons. The number of likely N-dealkylation sites (N-methyl/N-ethyl adjacent to an activating group) is 1. The van der Waals surface area contributed by atoms with Gasteiger partial charge in [0.1, 0.15) is 12.2 Å². The highest BCUT2D eigenvalue weighted by molar-refractivity contribution is 6.03. The van der Waals surface area contributed by atoms with Crippen LogP contribution in [-0.4, -0.2) is 41.9 Å². The molecule has 6 nitrogen and oxygen atoms in total. The van der Waals surface area contributed by atoms with Crippen molar-refractivity contribution < 1.29 is 14.3 Å². The van der Waals surface area contributed by atoms with E-state index in [0.29, 0.717) is 18.8 Å². The number of ether oxygens (including phenoxy) is 1. The van der Waals surface area contributed by atoms with Crippen molar-refractivity contribution in [1.82, 2.24) is 9.88 Å². The number of hydrogen-bond donors (Lipinski definition) is 1. The van der Waals surface area contributed by atoms with E-state index < -0.39 is 0 Å². The number of anilines is 1. The van der Waals surface area contributed by atoms with E-state index in [-0.39, 0.29) is 18.2 Å². The Hall–Kier alpha value is -2.89. The number of hydrogen-bond acceptors (Lipinski definition) is 4. The Morgan fingerprint density at radius 3 is 2.44 bits per heavy atom. The number of aromatic nitrogens is 1. The molecule has 0 bridgehead atoms. The van der Waals surface area contributed by atoms with Gasteiger partial charge in [0.2, 0.25) is 11.8 Å². The Morgan fingerprint density at radius 2 is 1.80 bits per heavy atom. The number of nitrogens with zero attached hydrogens (tertiary/aromatic N) is 2. The van der Waals surface area contributed by atoms with Crippen molar-refractivity contribution in [3.8, 4) is 5.75 Å². The van der Waals surface area contributed by atoms with E-state index in [0.717, 1.165) is 17.7 Å². The van der Waals surface area contributed by atoms with Crippen molar-refractivity contribution in [3.63, 3.8) is 0 Å². The maximum absolute atomic E-state index is 12.1. The SMILES string of the molecule is CCOc1ccc(NC(=O)CC(=O)N(C)CCc2ccncc2)cc1. The summed E-state index contributed by atoms with van der Waals surface area (Å²) in [6, 6.07) is 10.9. The predicted octanol–water partition coefficient (Wildman–Crippen LogP) is 2.51. The molecule has 1 aromatic heterocycles. The molecule has 1 aromatic carbocycles. The highest BCUT2D eigenvalue weighted by Gasteiger charge is 2.14. The summed E-state index contributed by atoms with van der Waals surface area (Å²) in [7, 11) is 1.70. The van der Waals surface area contributed by atoms with Gasteiger partial charge in [-0.05, 0) is 55.3 Å². The standard InChI is InChI=1S/C19H23N3O3/c1-3-25-17-6-4-16(5-7-17)21-18(23)14-19(24)22(2)13-10-15-8-11-20-12-9-15/h4-9,11-12H,3,10,13-14H2,1-2H3,(H,21,23). The molecule has 2 amide bonds. The molecule has 0 saturated heterocycles. The molecule has 6 heteroatoms. The minimum atomic E-state index is -0.329. The molecule has 0 fully saturated rings. The lowest BCUT2D eigenvalue weighted by Gasteiger charge is -2.17. The molecule has 2 aromatic rings. The fourth-order valence-corrected chi connectivity index (χ4v) is 2.25. The van der Waals surface area contributed by atoms with Crippen LogP contribution in [0.25, 0.3) is 0 Å². The third-order valence-corrected chi connectivity index (χ3v) is 3.67. The largest absolute Gasteiger partial charge is 0.494 e. The molecular formula is C19H23N3O3. The highest BCUT2D eigenvalue weighted by atomic mass is 16.5. The average molecular weight is 341 g/mol. The second-order valence-electron chi connectivity index (χ2n) is 5.60. The number of nitrogens with one attached hydrogen (secondary N) is 1. The van der Waals surface area contributed by atoms with Gasteiger partial charge in [-0.3, -0.25) is 14.6 Å². The summed E-state index contributed by atoms with van der Waals surface area (Å²) in [6.45, 7) is 3.05. The van der Waals surface area contributed by atoms with Crippen LogP contribution in [0.3, 0.4) is 0 Å². The van der Waals surface area contributed by atoms with Crippen molar-refractivity contribution in [2.45, 2.75) is 19.8 Å². The Morgan fingerprint density at radius 1 is 1.12 bits per heavy atom. The zero-order valence-corrected chi connectivity index (χ0v) is 14.6. The molecule has 2 rings (SSSR count). The summed E-state index contributed by atoms with van der Waals surface area (Å²) < 4.78 is 5.35. The number of rotatable bonds is 8. The van der Waals surface area contributed by atoms with Crippen LogP contribution in [0.15, 0.2) is 48.8 Å². The van der Waals surface area contributed by atoms with E-state index in [1.165, 1.54) is 0 Å². The van der Waals surface area contributed by atoms with Gasteiger partial charge in [0, 0.05) is 31.7 Å². The molecule has 0 aliphatic rings. The summed E-state index contributed by atoms with van der Waals surface area (Å²) in [6.07, 6.45) is 3.99. The lowest BCUT2D eigenvalue weighted by atomic mass is 10.2. The number of carbonyl (C=O) groups excluding carboxylic acids is 2. The van der Waals surface area contributed by atoms with Crippen LogP contribution in [0.4, 0.5) is 5.69 Å². The van der Waals surface area contributed by atoms with Crippen LogP contribution in [0, 0.1) is 0 Å². The first-order valence-electron chi connectivity index (χ1n) is 8.24. The van der Waals surface area contributed by atoms with E-state index >= 15 is 0 Å². The summed E-state index contributed by atoms with van der Waals surface area (Å²) >= 11 is 0. The summed E-state index contributed by atoms with van der Waals surface area (Å²) in [5, 5.41) is 2.72. The second-order valence-corrected chi connectivity index (χ2v) is 5.60. The number of carbonyl (C=O) groups is 2. The van der Waals surface area contributed by atoms with Gasteiger partial charge in [0.15, 0.2) is 0 Å². The van der Waals surface area contributed by atoms with Gasteiger partial charge in [0.05, 0.1) is 6.61 Å². The van der Waals surface area contributed by atoms with E-state index in [9.17, 15) is 9.59 Å². The van der Waals surface area contributed by atoms with Crippen molar-refractivity contribution in [3.05, 3.63) is 54.4 Å². The Kier molecular flexibility index (Phi) is 6.95. The van der Waals surface area contributed by atoms with Crippen LogP contribution >= 0.6 is 0 Å². The van der Waals surface area contributed by atoms with Crippen LogP contribution in [-0.2, 0) is 16.0 Å². The number of benzene rings is 1. The minimum Gasteiger partial charge on any atom is -0.494 e. The molecule has 0 unspecified atom stereocenters. The van der Waals surface area contributed by atoms with E-state index in [4.69, 9.17) is 4.74 Å². The second kappa shape index (κ2) is 9.42. The highest BCUT2D eigenvalue weighted by Crippen LogP contribution is 2.15. The molecule has 0 aliphatic carbocycles. The van der Waals surface area contributed by atoms with Gasteiger partial charge < -0.3 is 15.0 Å². The molecule has 0 radical (unpaired) electrons. The molecule has 0 aliphatic heterocycles. The van der Waals surface area contributed by atoms with Gasteiger partial charge >= 0.3 is 0 Å². The molecule has 25 heavy (non-hydrogen) atoms. The summed E-state index contributed by atoms with van der Waals surface area (Å²) in [5.41, 5.74) is 1.74. The first kappa shape index (κ1) is 18.4. The third-order valence-electron chi connectivity index (χ3n) is 3.67. The van der Waals surface area contributed by atoms with E-state index in [1.807, 2.05) is 19.1 Å². The van der Waals surface area contributed by atoms with Gasteiger partial charge in [-0.15, -0.1) is 0 Å². The quantitative estimate of drug-likeness (QED) is 0.749. The fraction of sp³-hybridized carbons (Fsp3) is 0.316. The lowest BCUT2D eigenvalue weighted by molar-refractivity contribution is -0.133. The van der Waals surface area contributed by atoms with Gasteiger partial charge in [-0.25, -0.2) is 0 Å². The first-order valence-corrected chi connectivity index (χ1v) is 8.24. The van der Waals surface area contributed by atoms with Crippen molar-refractivity contribution >= 4 is 17.5 Å². The van der Waals surface area contributed by atoms with Crippen molar-refractivity contribution in [2.24, 2.45) is 0 Å². The van der Waals surface area contributed by atoms with Crippen LogP contribution in [0.2, 0.25) is 0 Å². The number of amides is 2. The van der Waals surface area contributed by atoms with E-state index in [1.54, 1.807) is 48.6 Å². The van der Waals surface area contributed by atoms with Gasteiger partial charge in [0.25, 0.3) is 0 Å². The zero-order chi connectivity index (χ0) is 18.1. The summed E-state index contributed by atoms with van der Waals surface area (Å²) in [5.74, 6) is 0.204. The maximum atomic E-state index is 12.1. The smallest absolute Gasteiger partial charge is 0.233 e. The van der Waals surface area contributed by atoms with Crippen molar-refractivity contribution in [1.29, 1.82) is 0 Å². The van der Waals surface area contributed by atoms with Crippen LogP contribution < -0.4 is 10.1 Å². The Labute approximate surface area is 147 Å². The predicted molar refractivity (Wildman–Crippen MR) is 96.4 cm³/mol. The zero-order valence-electron chi connectivity index (χ0n) is 14.6. The molecule has 0 spiro atoms. The Balaban J connectivity index is 1.77. The first-order chi connectivity index (χ1) is 12.1. The van der Waals surface area contributed by atoms with Gasteiger partial charge in [-0.2, -0.15) is 0 Å². The number of pyridine rings is 1. The van der Waals surface area contributed by atoms with Crippen LogP contribution in [0.5, 0.6) is 5.75 Å². The molecule has 1 heterocycles. The minimum absolute atomic E-state index is 0.180. The Bertz CT molecular complexity index is 687. The van der Waals surface area contributed by atoms with E-state index in [2.05, 4.69) is 10.3 Å². The molecular weight excluding hydrogens is 318 g/mol. The molecule has 0 saturated carbocycles.